The number of carbonyl (C=O) groups is 1. The number of carbonyl (C=O) groups excluding carboxylic acids is 1. The number of rotatable bonds is 2. The number of nitrogens with one attached hydrogen (secondary N) is 1. The molecule has 2 aromatic heterocycles. The highest BCUT2D eigenvalue weighted by Crippen LogP contribution is 2.34. The monoisotopic (exact) mass is 372 g/mol. The highest BCUT2D eigenvalue weighted by Gasteiger charge is 2.30. The Kier molecular flexibility index (Phi) is 3.73. The number of fused-ring (bicyclic) bond motifs is 3. The summed E-state index contributed by atoms with van der Waals surface area (Å²) >= 11 is 0. The van der Waals surface area contributed by atoms with Gasteiger partial charge in [0.15, 0.2) is 5.65 Å². The van der Waals surface area contributed by atoms with Gasteiger partial charge in [-0.05, 0) is 42.5 Å². The molecule has 138 valence electrons. The number of nitrogens with zero attached hydrogens (tertiary/aromatic N) is 3. The van der Waals surface area contributed by atoms with Crippen molar-refractivity contribution in [3.8, 4) is 5.69 Å². The van der Waals surface area contributed by atoms with Crippen molar-refractivity contribution in [2.45, 2.75) is 6.18 Å². The summed E-state index contributed by atoms with van der Waals surface area (Å²) in [6.07, 6.45) is -2.75. The average Bonchev–Trinajstić information content (AvgIpc) is 3.17. The molecule has 0 spiro atoms. The van der Waals surface area contributed by atoms with Crippen molar-refractivity contribution in [2.24, 2.45) is 7.05 Å². The third-order valence-corrected chi connectivity index (χ3v) is 4.56. The molecular formula is C19H15F3N4O. The summed E-state index contributed by atoms with van der Waals surface area (Å²) in [5.41, 5.74) is 2.53. The summed E-state index contributed by atoms with van der Waals surface area (Å²) < 4.78 is 42.2. The standard InChI is InChI=1S/C19H15F3N4O/c1-23-18(27)11-3-8-15-14(9-11)16-17(24-10-25(16)2)26(15)13-6-4-12(5-7-13)19(20,21)22/h3-10H,1-2H3,(H,23,27). The zero-order chi connectivity index (χ0) is 19.3. The summed E-state index contributed by atoms with van der Waals surface area (Å²) in [7, 11) is 3.39. The van der Waals surface area contributed by atoms with Gasteiger partial charge in [0.1, 0.15) is 0 Å². The van der Waals surface area contributed by atoms with E-state index in [2.05, 4.69) is 10.3 Å². The maximum Gasteiger partial charge on any atom is 0.416 e. The molecule has 0 saturated carbocycles. The molecular weight excluding hydrogens is 357 g/mol. The van der Waals surface area contributed by atoms with Crippen LogP contribution >= 0.6 is 0 Å². The Morgan fingerprint density at radius 3 is 2.44 bits per heavy atom. The van der Waals surface area contributed by atoms with Crippen LogP contribution in [0.15, 0.2) is 48.8 Å². The summed E-state index contributed by atoms with van der Waals surface area (Å²) in [5.74, 6) is -0.213. The van der Waals surface area contributed by atoms with E-state index < -0.39 is 11.7 Å². The molecule has 0 aliphatic rings. The van der Waals surface area contributed by atoms with E-state index in [-0.39, 0.29) is 5.91 Å². The molecule has 0 unspecified atom stereocenters. The van der Waals surface area contributed by atoms with Gasteiger partial charge in [-0.25, -0.2) is 4.98 Å². The summed E-state index contributed by atoms with van der Waals surface area (Å²) in [5, 5.41) is 3.38. The van der Waals surface area contributed by atoms with Crippen LogP contribution in [-0.2, 0) is 13.2 Å². The third-order valence-electron chi connectivity index (χ3n) is 4.56. The van der Waals surface area contributed by atoms with Gasteiger partial charge in [-0.15, -0.1) is 0 Å². The number of aryl methyl sites for hydroxylation is 1. The van der Waals surface area contributed by atoms with Crippen molar-refractivity contribution in [2.75, 3.05) is 7.05 Å². The first-order valence-electron chi connectivity index (χ1n) is 8.16. The minimum Gasteiger partial charge on any atom is -0.355 e. The minimum absolute atomic E-state index is 0.213. The van der Waals surface area contributed by atoms with Gasteiger partial charge in [0.25, 0.3) is 5.91 Å². The number of halogens is 3. The van der Waals surface area contributed by atoms with Crippen LogP contribution in [0, 0.1) is 0 Å². The van der Waals surface area contributed by atoms with Crippen LogP contribution in [0.2, 0.25) is 0 Å². The Morgan fingerprint density at radius 1 is 1.11 bits per heavy atom. The van der Waals surface area contributed by atoms with Crippen molar-refractivity contribution < 1.29 is 18.0 Å². The number of hydrogen-bond donors (Lipinski definition) is 1. The van der Waals surface area contributed by atoms with E-state index >= 15 is 0 Å². The van der Waals surface area contributed by atoms with Crippen molar-refractivity contribution in [3.63, 3.8) is 0 Å². The molecule has 0 bridgehead atoms. The number of alkyl halides is 3. The maximum absolute atomic E-state index is 12.9. The van der Waals surface area contributed by atoms with Crippen molar-refractivity contribution in [1.29, 1.82) is 0 Å². The molecule has 0 radical (unpaired) electrons. The fraction of sp³-hybridized carbons (Fsp3) is 0.158. The van der Waals surface area contributed by atoms with Gasteiger partial charge in [-0.3, -0.25) is 9.36 Å². The van der Waals surface area contributed by atoms with Crippen LogP contribution in [0.1, 0.15) is 15.9 Å². The molecule has 4 rings (SSSR count). The van der Waals surface area contributed by atoms with E-state index in [4.69, 9.17) is 0 Å². The van der Waals surface area contributed by atoms with Gasteiger partial charge in [-0.1, -0.05) is 0 Å². The van der Waals surface area contributed by atoms with E-state index in [1.54, 1.807) is 36.1 Å². The highest BCUT2D eigenvalue weighted by atomic mass is 19.4. The van der Waals surface area contributed by atoms with Gasteiger partial charge in [0, 0.05) is 30.7 Å². The zero-order valence-corrected chi connectivity index (χ0v) is 14.5. The molecule has 0 aliphatic heterocycles. The Morgan fingerprint density at radius 2 is 1.81 bits per heavy atom. The van der Waals surface area contributed by atoms with Gasteiger partial charge in [-0.2, -0.15) is 13.2 Å². The van der Waals surface area contributed by atoms with E-state index in [0.29, 0.717) is 16.9 Å². The fourth-order valence-corrected chi connectivity index (χ4v) is 3.27. The number of amides is 1. The first kappa shape index (κ1) is 17.1. The number of imidazole rings is 1. The zero-order valence-electron chi connectivity index (χ0n) is 14.5. The molecule has 8 heteroatoms. The van der Waals surface area contributed by atoms with Crippen LogP contribution in [-0.4, -0.2) is 27.1 Å². The average molecular weight is 372 g/mol. The molecule has 0 aliphatic carbocycles. The molecule has 2 aromatic carbocycles. The van der Waals surface area contributed by atoms with Crippen LogP contribution in [0.25, 0.3) is 27.8 Å². The van der Waals surface area contributed by atoms with Crippen molar-refractivity contribution in [3.05, 3.63) is 59.9 Å². The van der Waals surface area contributed by atoms with E-state index in [0.717, 1.165) is 28.6 Å². The van der Waals surface area contributed by atoms with Crippen LogP contribution in [0.5, 0.6) is 0 Å². The smallest absolute Gasteiger partial charge is 0.355 e. The highest BCUT2D eigenvalue weighted by molar-refractivity contribution is 6.09. The first-order chi connectivity index (χ1) is 12.8. The van der Waals surface area contributed by atoms with E-state index in [9.17, 15) is 18.0 Å². The lowest BCUT2D eigenvalue weighted by molar-refractivity contribution is -0.137. The molecule has 1 amide bonds. The summed E-state index contributed by atoms with van der Waals surface area (Å²) in [6, 6.07) is 10.2. The predicted molar refractivity (Wildman–Crippen MR) is 95.9 cm³/mol. The van der Waals surface area contributed by atoms with Crippen molar-refractivity contribution >= 4 is 28.0 Å². The van der Waals surface area contributed by atoms with Crippen LogP contribution < -0.4 is 5.32 Å². The molecule has 0 atom stereocenters. The molecule has 1 N–H and O–H groups in total. The third kappa shape index (κ3) is 2.64. The quantitative estimate of drug-likeness (QED) is 0.580. The number of benzene rings is 2. The van der Waals surface area contributed by atoms with Crippen molar-refractivity contribution in [1.82, 2.24) is 19.4 Å². The molecule has 0 saturated heterocycles. The first-order valence-corrected chi connectivity index (χ1v) is 8.16. The lowest BCUT2D eigenvalue weighted by Crippen LogP contribution is -2.17. The Hall–Kier alpha value is -3.29. The lowest BCUT2D eigenvalue weighted by atomic mass is 10.1. The van der Waals surface area contributed by atoms with Crippen LogP contribution in [0.3, 0.4) is 0 Å². The summed E-state index contributed by atoms with van der Waals surface area (Å²) in [4.78, 5) is 16.4. The largest absolute Gasteiger partial charge is 0.416 e. The Balaban J connectivity index is 1.98. The lowest BCUT2D eigenvalue weighted by Gasteiger charge is -2.10. The molecule has 4 aromatic rings. The van der Waals surface area contributed by atoms with Gasteiger partial charge < -0.3 is 9.88 Å². The van der Waals surface area contributed by atoms with E-state index in [1.165, 1.54) is 12.1 Å². The molecule has 2 heterocycles. The van der Waals surface area contributed by atoms with Crippen LogP contribution in [0.4, 0.5) is 13.2 Å². The minimum atomic E-state index is -4.39. The molecule has 5 nitrogen and oxygen atoms in total. The normalized spacial score (nSPS) is 12.0. The number of aromatic nitrogens is 3. The molecule has 0 fully saturated rings. The fourth-order valence-electron chi connectivity index (χ4n) is 3.27. The SMILES string of the molecule is CNC(=O)c1ccc2c(c1)c1c(ncn1C)n2-c1ccc(C(F)(F)F)cc1. The van der Waals surface area contributed by atoms with Gasteiger partial charge in [0.05, 0.1) is 22.9 Å². The predicted octanol–water partition coefficient (Wildman–Crippen LogP) is 3.90. The second kappa shape index (κ2) is 5.87. The summed E-state index contributed by atoms with van der Waals surface area (Å²) in [6.45, 7) is 0. The van der Waals surface area contributed by atoms with Gasteiger partial charge >= 0.3 is 6.18 Å². The second-order valence-electron chi connectivity index (χ2n) is 6.22. The number of hydrogen-bond acceptors (Lipinski definition) is 2. The topological polar surface area (TPSA) is 51.9 Å². The molecule has 27 heavy (non-hydrogen) atoms. The maximum atomic E-state index is 12.9. The Bertz CT molecular complexity index is 1170. The van der Waals surface area contributed by atoms with Gasteiger partial charge in [0.2, 0.25) is 0 Å². The second-order valence-corrected chi connectivity index (χ2v) is 6.22. The van der Waals surface area contributed by atoms with E-state index in [1.807, 2.05) is 11.6 Å². The Labute approximate surface area is 152 Å².